The summed E-state index contributed by atoms with van der Waals surface area (Å²) in [6, 6.07) is 1.91. The number of halogens is 1. The quantitative estimate of drug-likeness (QED) is 0.796. The molecule has 0 radical (unpaired) electrons. The van der Waals surface area contributed by atoms with E-state index in [-0.39, 0.29) is 18.6 Å². The number of aliphatic hydroxyl groups is 1. The lowest BCUT2D eigenvalue weighted by molar-refractivity contribution is 0.0924. The van der Waals surface area contributed by atoms with E-state index < -0.39 is 0 Å². The average molecular weight is 346 g/mol. The van der Waals surface area contributed by atoms with Crippen LogP contribution in [0.25, 0.3) is 0 Å². The summed E-state index contributed by atoms with van der Waals surface area (Å²) < 4.78 is 0.945. The number of pyridine rings is 1. The van der Waals surface area contributed by atoms with E-state index >= 15 is 0 Å². The molecule has 1 aliphatic rings. The van der Waals surface area contributed by atoms with Gasteiger partial charge in [0.05, 0.1) is 5.56 Å². The second-order valence-electron chi connectivity index (χ2n) is 4.32. The van der Waals surface area contributed by atoms with Crippen molar-refractivity contribution in [2.75, 3.05) is 6.61 Å². The standard InChI is InChI=1S/C12H15IN2O2/c13-10-5-9(6-14-7-10)12(17)15-11(3-4-16)8-1-2-8/h5-8,11,16H,1-4H2,(H,15,17). The molecule has 1 aromatic rings. The SMILES string of the molecule is O=C(NC(CCO)C1CC1)c1cncc(I)c1. The van der Waals surface area contributed by atoms with Crippen molar-refractivity contribution >= 4 is 28.5 Å². The highest BCUT2D eigenvalue weighted by Crippen LogP contribution is 2.34. The van der Waals surface area contributed by atoms with E-state index in [1.165, 1.54) is 0 Å². The van der Waals surface area contributed by atoms with Gasteiger partial charge in [0.1, 0.15) is 0 Å². The number of amides is 1. The molecule has 0 bridgehead atoms. The molecule has 1 unspecified atom stereocenters. The van der Waals surface area contributed by atoms with E-state index in [2.05, 4.69) is 32.9 Å². The van der Waals surface area contributed by atoms with Crippen molar-refractivity contribution in [3.05, 3.63) is 27.6 Å². The van der Waals surface area contributed by atoms with Gasteiger partial charge in [-0.2, -0.15) is 0 Å². The van der Waals surface area contributed by atoms with E-state index in [1.54, 1.807) is 12.4 Å². The minimum atomic E-state index is -0.0960. The van der Waals surface area contributed by atoms with Crippen LogP contribution < -0.4 is 5.32 Å². The number of aromatic nitrogens is 1. The normalized spacial score (nSPS) is 16.6. The second kappa shape index (κ2) is 5.77. The predicted octanol–water partition coefficient (Wildman–Crippen LogP) is 1.58. The molecule has 1 aliphatic carbocycles. The molecule has 5 heteroatoms. The monoisotopic (exact) mass is 346 g/mol. The van der Waals surface area contributed by atoms with E-state index in [0.29, 0.717) is 17.9 Å². The molecule has 1 atom stereocenters. The van der Waals surface area contributed by atoms with E-state index in [0.717, 1.165) is 16.4 Å². The van der Waals surface area contributed by atoms with Crippen LogP contribution in [0.4, 0.5) is 0 Å². The summed E-state index contributed by atoms with van der Waals surface area (Å²) in [7, 11) is 0. The van der Waals surface area contributed by atoms with Gasteiger partial charge in [0.2, 0.25) is 0 Å². The van der Waals surface area contributed by atoms with Crippen molar-refractivity contribution in [3.8, 4) is 0 Å². The molecule has 1 heterocycles. The van der Waals surface area contributed by atoms with Crippen LogP contribution in [0.5, 0.6) is 0 Å². The molecule has 0 saturated heterocycles. The highest BCUT2D eigenvalue weighted by molar-refractivity contribution is 14.1. The summed E-state index contributed by atoms with van der Waals surface area (Å²) in [6.07, 6.45) is 6.21. The van der Waals surface area contributed by atoms with Crippen LogP contribution >= 0.6 is 22.6 Å². The van der Waals surface area contributed by atoms with Crippen molar-refractivity contribution in [1.29, 1.82) is 0 Å². The summed E-state index contributed by atoms with van der Waals surface area (Å²) in [4.78, 5) is 16.0. The second-order valence-corrected chi connectivity index (χ2v) is 5.57. The Balaban J connectivity index is 1.99. The van der Waals surface area contributed by atoms with Gasteiger partial charge in [-0.25, -0.2) is 0 Å². The maximum Gasteiger partial charge on any atom is 0.253 e. The molecule has 1 saturated carbocycles. The lowest BCUT2D eigenvalue weighted by atomic mass is 10.1. The fourth-order valence-corrected chi connectivity index (χ4v) is 2.35. The van der Waals surface area contributed by atoms with Crippen LogP contribution in [0.3, 0.4) is 0 Å². The Hall–Kier alpha value is -0.690. The van der Waals surface area contributed by atoms with Gasteiger partial charge in [-0.15, -0.1) is 0 Å². The van der Waals surface area contributed by atoms with Gasteiger partial charge in [-0.05, 0) is 53.8 Å². The summed E-state index contributed by atoms with van der Waals surface area (Å²) in [6.45, 7) is 0.117. The zero-order chi connectivity index (χ0) is 12.3. The number of nitrogens with one attached hydrogen (secondary N) is 1. The van der Waals surface area contributed by atoms with Crippen molar-refractivity contribution < 1.29 is 9.90 Å². The zero-order valence-corrected chi connectivity index (χ0v) is 11.6. The third-order valence-corrected chi connectivity index (χ3v) is 3.50. The first-order valence-electron chi connectivity index (χ1n) is 5.73. The maximum absolute atomic E-state index is 12.0. The van der Waals surface area contributed by atoms with Crippen LogP contribution in [0.1, 0.15) is 29.6 Å². The molecule has 92 valence electrons. The minimum absolute atomic E-state index is 0.0960. The average Bonchev–Trinajstić information content (AvgIpc) is 3.12. The number of nitrogens with zero attached hydrogens (tertiary/aromatic N) is 1. The number of carbonyl (C=O) groups is 1. The smallest absolute Gasteiger partial charge is 0.253 e. The first-order chi connectivity index (χ1) is 8.20. The van der Waals surface area contributed by atoms with Gasteiger partial charge in [0.15, 0.2) is 0 Å². The summed E-state index contributed by atoms with van der Waals surface area (Å²) in [5.74, 6) is 0.447. The maximum atomic E-state index is 12.0. The topological polar surface area (TPSA) is 62.2 Å². The molecule has 0 aliphatic heterocycles. The molecule has 1 aromatic heterocycles. The highest BCUT2D eigenvalue weighted by Gasteiger charge is 2.31. The molecule has 2 N–H and O–H groups in total. The zero-order valence-electron chi connectivity index (χ0n) is 9.40. The Morgan fingerprint density at radius 3 is 2.94 bits per heavy atom. The molecule has 4 nitrogen and oxygen atoms in total. The molecular weight excluding hydrogens is 331 g/mol. The van der Waals surface area contributed by atoms with E-state index in [1.807, 2.05) is 6.07 Å². The summed E-state index contributed by atoms with van der Waals surface area (Å²) in [5.41, 5.74) is 0.584. The Labute approximate surface area is 114 Å². The third kappa shape index (κ3) is 3.64. The van der Waals surface area contributed by atoms with E-state index in [4.69, 9.17) is 5.11 Å². The lowest BCUT2D eigenvalue weighted by Crippen LogP contribution is -2.37. The van der Waals surface area contributed by atoms with Gasteiger partial charge >= 0.3 is 0 Å². The molecular formula is C12H15IN2O2. The van der Waals surface area contributed by atoms with Gasteiger partial charge in [-0.3, -0.25) is 9.78 Å². The number of carbonyl (C=O) groups excluding carboxylic acids is 1. The van der Waals surface area contributed by atoms with Crippen LogP contribution in [0.15, 0.2) is 18.5 Å². The lowest BCUT2D eigenvalue weighted by Gasteiger charge is -2.17. The number of aliphatic hydroxyl groups excluding tert-OH is 1. The van der Waals surface area contributed by atoms with Gasteiger partial charge in [0.25, 0.3) is 5.91 Å². The molecule has 2 rings (SSSR count). The van der Waals surface area contributed by atoms with Crippen LogP contribution in [-0.4, -0.2) is 28.6 Å². The minimum Gasteiger partial charge on any atom is -0.396 e. The number of hydrogen-bond acceptors (Lipinski definition) is 3. The largest absolute Gasteiger partial charge is 0.396 e. The molecule has 17 heavy (non-hydrogen) atoms. The van der Waals surface area contributed by atoms with E-state index in [9.17, 15) is 4.79 Å². The third-order valence-electron chi connectivity index (χ3n) is 2.91. The van der Waals surface area contributed by atoms with Crippen molar-refractivity contribution in [2.45, 2.75) is 25.3 Å². The molecule has 1 fully saturated rings. The Morgan fingerprint density at radius 2 is 2.35 bits per heavy atom. The predicted molar refractivity (Wildman–Crippen MR) is 72.6 cm³/mol. The Bertz CT molecular complexity index is 407. The van der Waals surface area contributed by atoms with Gasteiger partial charge in [-0.1, -0.05) is 0 Å². The van der Waals surface area contributed by atoms with Gasteiger partial charge < -0.3 is 10.4 Å². The van der Waals surface area contributed by atoms with Crippen molar-refractivity contribution in [1.82, 2.24) is 10.3 Å². The fraction of sp³-hybridized carbons (Fsp3) is 0.500. The first-order valence-corrected chi connectivity index (χ1v) is 6.81. The summed E-state index contributed by atoms with van der Waals surface area (Å²) in [5, 5.41) is 12.0. The first kappa shape index (κ1) is 12.8. The fourth-order valence-electron chi connectivity index (χ4n) is 1.85. The van der Waals surface area contributed by atoms with Crippen LogP contribution in [-0.2, 0) is 0 Å². The van der Waals surface area contributed by atoms with Gasteiger partial charge in [0, 0.05) is 28.6 Å². The van der Waals surface area contributed by atoms with Crippen LogP contribution in [0.2, 0.25) is 0 Å². The van der Waals surface area contributed by atoms with Crippen molar-refractivity contribution in [3.63, 3.8) is 0 Å². The molecule has 1 amide bonds. The molecule has 0 spiro atoms. The number of rotatable bonds is 5. The highest BCUT2D eigenvalue weighted by atomic mass is 127. The Kier molecular flexibility index (Phi) is 4.33. The van der Waals surface area contributed by atoms with Crippen LogP contribution in [0, 0.1) is 9.49 Å². The molecule has 0 aromatic carbocycles. The summed E-state index contributed by atoms with van der Waals surface area (Å²) >= 11 is 2.13. The Morgan fingerprint density at radius 1 is 1.59 bits per heavy atom. The number of hydrogen-bond donors (Lipinski definition) is 2. The van der Waals surface area contributed by atoms with Crippen molar-refractivity contribution in [2.24, 2.45) is 5.92 Å².